The van der Waals surface area contributed by atoms with Gasteiger partial charge in [0.05, 0.1) is 22.0 Å². The lowest BCUT2D eigenvalue weighted by atomic mass is 10.2. The molecular formula is C16H11Cl2NO2S3. The van der Waals surface area contributed by atoms with E-state index in [1.807, 2.05) is 23.8 Å². The number of esters is 1. The molecule has 0 saturated heterocycles. The number of hydrogen-bond donors (Lipinski definition) is 0. The van der Waals surface area contributed by atoms with Crippen molar-refractivity contribution in [2.45, 2.75) is 4.21 Å². The molecule has 0 aliphatic carbocycles. The highest BCUT2D eigenvalue weighted by Crippen LogP contribution is 2.41. The summed E-state index contributed by atoms with van der Waals surface area (Å²) >= 11 is 16.7. The minimum atomic E-state index is -0.334. The van der Waals surface area contributed by atoms with Crippen molar-refractivity contribution >= 4 is 63.6 Å². The number of methoxy groups -OCH3 is 1. The van der Waals surface area contributed by atoms with Gasteiger partial charge in [-0.2, -0.15) is 0 Å². The fraction of sp³-hybridized carbons (Fsp3) is 0.125. The van der Waals surface area contributed by atoms with E-state index in [4.69, 9.17) is 27.9 Å². The molecule has 0 N–H and O–H groups in total. The van der Waals surface area contributed by atoms with Gasteiger partial charge in [0.1, 0.15) is 9.88 Å². The van der Waals surface area contributed by atoms with Crippen LogP contribution in [0.15, 0.2) is 33.9 Å². The number of hydrogen-bond acceptors (Lipinski definition) is 6. The summed E-state index contributed by atoms with van der Waals surface area (Å²) in [6, 6.07) is 7.17. The Morgan fingerprint density at radius 1 is 1.25 bits per heavy atom. The van der Waals surface area contributed by atoms with Gasteiger partial charge in [-0.05, 0) is 30.5 Å². The van der Waals surface area contributed by atoms with E-state index in [2.05, 4.69) is 4.98 Å². The first-order valence-corrected chi connectivity index (χ1v) is 10.4. The Labute approximate surface area is 161 Å². The average molecular weight is 416 g/mol. The quantitative estimate of drug-likeness (QED) is 0.367. The van der Waals surface area contributed by atoms with Crippen molar-refractivity contribution in [1.29, 1.82) is 0 Å². The van der Waals surface area contributed by atoms with E-state index in [1.165, 1.54) is 29.8 Å². The highest BCUT2D eigenvalue weighted by molar-refractivity contribution is 8.00. The predicted molar refractivity (Wildman–Crippen MR) is 104 cm³/mol. The zero-order chi connectivity index (χ0) is 17.3. The second-order valence-electron chi connectivity index (χ2n) is 4.67. The molecule has 3 aromatic rings. The molecule has 24 heavy (non-hydrogen) atoms. The molecule has 3 nitrogen and oxygen atoms in total. The van der Waals surface area contributed by atoms with E-state index in [0.717, 1.165) is 26.0 Å². The maximum atomic E-state index is 11.8. The van der Waals surface area contributed by atoms with Gasteiger partial charge in [-0.3, -0.25) is 0 Å². The summed E-state index contributed by atoms with van der Waals surface area (Å²) in [5, 5.41) is 3.94. The minimum Gasteiger partial charge on any atom is -0.465 e. The van der Waals surface area contributed by atoms with Gasteiger partial charge >= 0.3 is 5.97 Å². The molecule has 3 rings (SSSR count). The monoisotopic (exact) mass is 415 g/mol. The molecule has 0 amide bonds. The van der Waals surface area contributed by atoms with Gasteiger partial charge < -0.3 is 4.74 Å². The summed E-state index contributed by atoms with van der Waals surface area (Å²) in [7, 11) is 1.38. The van der Waals surface area contributed by atoms with Crippen LogP contribution in [0.4, 0.5) is 0 Å². The van der Waals surface area contributed by atoms with Crippen molar-refractivity contribution < 1.29 is 9.53 Å². The van der Waals surface area contributed by atoms with Crippen LogP contribution in [-0.4, -0.2) is 24.3 Å². The van der Waals surface area contributed by atoms with Gasteiger partial charge in [0.2, 0.25) is 0 Å². The number of ether oxygens (including phenoxy) is 1. The zero-order valence-corrected chi connectivity index (χ0v) is 16.6. The standard InChI is InChI=1S/C16H11Cl2NO2S3/c1-21-15(20)13-6-10(16(22-2)24-13)14-19-12(7-23-14)9-4-3-8(17)5-11(9)18/h3-7H,1-2H3. The van der Waals surface area contributed by atoms with Crippen molar-refractivity contribution in [3.05, 3.63) is 44.6 Å². The molecule has 0 unspecified atom stereocenters. The Bertz CT molecular complexity index is 905. The van der Waals surface area contributed by atoms with Crippen LogP contribution in [0.1, 0.15) is 9.67 Å². The maximum absolute atomic E-state index is 11.8. The molecule has 0 radical (unpaired) electrons. The molecule has 0 spiro atoms. The molecule has 1 aromatic carbocycles. The van der Waals surface area contributed by atoms with E-state index in [1.54, 1.807) is 23.9 Å². The first-order chi connectivity index (χ1) is 11.5. The van der Waals surface area contributed by atoms with Crippen LogP contribution in [0, 0.1) is 0 Å². The Morgan fingerprint density at radius 3 is 2.71 bits per heavy atom. The summed E-state index contributed by atoms with van der Waals surface area (Å²) in [4.78, 5) is 17.0. The molecular weight excluding hydrogens is 405 g/mol. The number of thioether (sulfide) groups is 1. The number of nitrogens with zero attached hydrogens (tertiary/aromatic N) is 1. The fourth-order valence-electron chi connectivity index (χ4n) is 2.09. The summed E-state index contributed by atoms with van der Waals surface area (Å²) in [5.74, 6) is -0.334. The molecule has 2 aromatic heterocycles. The van der Waals surface area contributed by atoms with Crippen LogP contribution in [-0.2, 0) is 4.74 Å². The molecule has 0 atom stereocenters. The number of thiophene rings is 1. The summed E-state index contributed by atoms with van der Waals surface area (Å²) in [6.45, 7) is 0. The van der Waals surface area contributed by atoms with Crippen LogP contribution >= 0.6 is 57.6 Å². The second kappa shape index (κ2) is 7.45. The van der Waals surface area contributed by atoms with Gasteiger partial charge in [-0.25, -0.2) is 9.78 Å². The summed E-state index contributed by atoms with van der Waals surface area (Å²) in [6.07, 6.45) is 1.97. The molecule has 124 valence electrons. The van der Waals surface area contributed by atoms with Crippen LogP contribution in [0.25, 0.3) is 21.8 Å². The van der Waals surface area contributed by atoms with Crippen LogP contribution < -0.4 is 0 Å². The maximum Gasteiger partial charge on any atom is 0.348 e. The number of thiazole rings is 1. The van der Waals surface area contributed by atoms with Crippen molar-refractivity contribution in [3.63, 3.8) is 0 Å². The smallest absolute Gasteiger partial charge is 0.348 e. The van der Waals surface area contributed by atoms with Gasteiger partial charge in [-0.1, -0.05) is 23.2 Å². The van der Waals surface area contributed by atoms with E-state index in [0.29, 0.717) is 14.9 Å². The third-order valence-corrected chi connectivity index (χ3v) is 6.89. The van der Waals surface area contributed by atoms with E-state index in [-0.39, 0.29) is 5.97 Å². The first kappa shape index (κ1) is 17.8. The molecule has 0 fully saturated rings. The van der Waals surface area contributed by atoms with Gasteiger partial charge in [0.15, 0.2) is 0 Å². The molecule has 0 aliphatic rings. The molecule has 2 heterocycles. The Hall–Kier alpha value is -1.05. The number of benzene rings is 1. The van der Waals surface area contributed by atoms with Crippen molar-refractivity contribution in [3.8, 4) is 21.8 Å². The molecule has 0 saturated carbocycles. The molecule has 0 aliphatic heterocycles. The molecule has 0 bridgehead atoms. The van der Waals surface area contributed by atoms with E-state index < -0.39 is 0 Å². The minimum absolute atomic E-state index is 0.334. The third kappa shape index (κ3) is 3.48. The zero-order valence-electron chi connectivity index (χ0n) is 12.6. The van der Waals surface area contributed by atoms with Crippen molar-refractivity contribution in [2.24, 2.45) is 0 Å². The van der Waals surface area contributed by atoms with E-state index in [9.17, 15) is 4.79 Å². The largest absolute Gasteiger partial charge is 0.465 e. The Balaban J connectivity index is 2.01. The average Bonchev–Trinajstić information content (AvgIpc) is 3.20. The number of aromatic nitrogens is 1. The number of rotatable bonds is 4. The van der Waals surface area contributed by atoms with Gasteiger partial charge in [0, 0.05) is 21.5 Å². The fourth-order valence-corrected chi connectivity index (χ4v) is 5.36. The molecule has 8 heteroatoms. The van der Waals surface area contributed by atoms with Crippen LogP contribution in [0.5, 0.6) is 0 Å². The van der Waals surface area contributed by atoms with Crippen LogP contribution in [0.3, 0.4) is 0 Å². The van der Waals surface area contributed by atoms with Gasteiger partial charge in [0.25, 0.3) is 0 Å². The number of carbonyl (C=O) groups excluding carboxylic acids is 1. The SMILES string of the molecule is COC(=O)c1cc(-c2nc(-c3ccc(Cl)cc3Cl)cs2)c(SC)s1. The number of halogens is 2. The normalized spacial score (nSPS) is 10.8. The van der Waals surface area contributed by atoms with E-state index >= 15 is 0 Å². The topological polar surface area (TPSA) is 39.2 Å². The predicted octanol–water partition coefficient (Wildman–Crippen LogP) is 6.35. The van der Waals surface area contributed by atoms with Crippen LogP contribution in [0.2, 0.25) is 10.0 Å². The first-order valence-electron chi connectivity index (χ1n) is 6.71. The summed E-state index contributed by atoms with van der Waals surface area (Å²) in [5.41, 5.74) is 2.56. The van der Waals surface area contributed by atoms with Gasteiger partial charge in [-0.15, -0.1) is 34.4 Å². The Kier molecular flexibility index (Phi) is 5.52. The third-order valence-electron chi connectivity index (χ3n) is 3.21. The lowest BCUT2D eigenvalue weighted by Crippen LogP contribution is -1.96. The summed E-state index contributed by atoms with van der Waals surface area (Å²) < 4.78 is 5.83. The highest BCUT2D eigenvalue weighted by atomic mass is 35.5. The number of carbonyl (C=O) groups is 1. The second-order valence-corrected chi connectivity index (χ2v) is 8.50. The van der Waals surface area contributed by atoms with Crippen molar-refractivity contribution in [1.82, 2.24) is 4.98 Å². The lowest BCUT2D eigenvalue weighted by molar-refractivity contribution is 0.0606. The Morgan fingerprint density at radius 2 is 2.04 bits per heavy atom. The highest BCUT2D eigenvalue weighted by Gasteiger charge is 2.19. The lowest BCUT2D eigenvalue weighted by Gasteiger charge is -2.01. The van der Waals surface area contributed by atoms with Crippen molar-refractivity contribution in [2.75, 3.05) is 13.4 Å².